The van der Waals surface area contributed by atoms with Crippen LogP contribution >= 0.6 is 0 Å². The lowest BCUT2D eigenvalue weighted by Crippen LogP contribution is -1.79. The van der Waals surface area contributed by atoms with Crippen LogP contribution in [0, 0.1) is 12.7 Å². The van der Waals surface area contributed by atoms with Crippen LogP contribution in [0.5, 0.6) is 0 Å². The number of aryl methyl sites for hydroxylation is 1. The summed E-state index contributed by atoms with van der Waals surface area (Å²) < 4.78 is 54.8. The summed E-state index contributed by atoms with van der Waals surface area (Å²) in [5.41, 5.74) is -0.714. The molecule has 0 radical (unpaired) electrons. The minimum atomic E-state index is -2.70. The smallest absolute Gasteiger partial charge is 0.141 e. The van der Waals surface area contributed by atoms with Crippen molar-refractivity contribution < 1.29 is 12.6 Å². The molecule has 8 heavy (non-hydrogen) atoms. The number of halogens is 1. The molecule has 0 aromatic carbocycles. The van der Waals surface area contributed by atoms with Gasteiger partial charge in [-0.1, -0.05) is 0 Å². The van der Waals surface area contributed by atoms with E-state index in [9.17, 15) is 4.39 Å². The molecule has 2 heteroatoms. The lowest BCUT2D eigenvalue weighted by atomic mass is 10.4. The van der Waals surface area contributed by atoms with E-state index in [1.54, 1.807) is 0 Å². The topological polar surface area (TPSA) is 12.9 Å². The van der Waals surface area contributed by atoms with Gasteiger partial charge in [0, 0.05) is 9.81 Å². The summed E-state index contributed by atoms with van der Waals surface area (Å²) in [6.07, 6.45) is -0.919. The zero-order valence-electron chi connectivity index (χ0n) is 9.83. The Hall–Kier alpha value is -0.920. The summed E-state index contributed by atoms with van der Waals surface area (Å²) in [6.45, 7) is -2.70. The second kappa shape index (κ2) is 1.90. The van der Waals surface area contributed by atoms with Gasteiger partial charge in [-0.05, 0) is 18.9 Å². The van der Waals surface area contributed by atoms with Crippen molar-refractivity contribution in [2.45, 2.75) is 6.85 Å². The molecule has 0 saturated carbocycles. The average molecular weight is 117 g/mol. The van der Waals surface area contributed by atoms with Crippen molar-refractivity contribution in [3.8, 4) is 0 Å². The highest BCUT2D eigenvalue weighted by molar-refractivity contribution is 5.02. The van der Waals surface area contributed by atoms with E-state index in [-0.39, 0.29) is 0 Å². The van der Waals surface area contributed by atoms with Crippen molar-refractivity contribution in [3.63, 3.8) is 0 Å². The lowest BCUT2D eigenvalue weighted by Gasteiger charge is -1.86. The number of pyridine rings is 1. The average Bonchev–Trinajstić information content (AvgIpc) is 2.06. The molecule has 0 spiro atoms. The van der Waals surface area contributed by atoms with Crippen LogP contribution < -0.4 is 0 Å². The first-order valence-electron chi connectivity index (χ1n) is 4.89. The SMILES string of the molecule is [2H]c1nc(C([2H])([2H])[2H])c([2H])c([2H])c1F. The van der Waals surface area contributed by atoms with Crippen LogP contribution in [0.25, 0.3) is 0 Å². The molecule has 1 aromatic heterocycles. The van der Waals surface area contributed by atoms with Gasteiger partial charge in [-0.2, -0.15) is 0 Å². The summed E-state index contributed by atoms with van der Waals surface area (Å²) in [5, 5.41) is 0. The van der Waals surface area contributed by atoms with Gasteiger partial charge in [0.25, 0.3) is 0 Å². The Morgan fingerprint density at radius 1 is 1.88 bits per heavy atom. The predicted octanol–water partition coefficient (Wildman–Crippen LogP) is 1.53. The fraction of sp³-hybridized carbons (Fsp3) is 0.167. The van der Waals surface area contributed by atoms with Gasteiger partial charge in [0.1, 0.15) is 5.82 Å². The molecule has 0 amide bonds. The van der Waals surface area contributed by atoms with E-state index < -0.39 is 36.6 Å². The van der Waals surface area contributed by atoms with Crippen molar-refractivity contribution in [3.05, 3.63) is 29.8 Å². The Morgan fingerprint density at radius 3 is 3.50 bits per heavy atom. The minimum absolute atomic E-state index is 0.714. The second-order valence-electron chi connectivity index (χ2n) is 1.14. The molecule has 0 bridgehead atoms. The Morgan fingerprint density at radius 2 is 2.75 bits per heavy atom. The minimum Gasteiger partial charge on any atom is -0.259 e. The van der Waals surface area contributed by atoms with Crippen molar-refractivity contribution in [2.75, 3.05) is 0 Å². The molecule has 0 fully saturated rings. The summed E-state index contributed by atoms with van der Waals surface area (Å²) in [6, 6.07) is -1.70. The summed E-state index contributed by atoms with van der Waals surface area (Å²) in [7, 11) is 0. The summed E-state index contributed by atoms with van der Waals surface area (Å²) in [4.78, 5) is 3.13. The van der Waals surface area contributed by atoms with Crippen molar-refractivity contribution >= 4 is 0 Å². The molecule has 1 heterocycles. The normalized spacial score (nSPS) is 21.6. The molecule has 0 aliphatic heterocycles. The van der Waals surface area contributed by atoms with Gasteiger partial charge in [0.15, 0.2) is 0 Å². The monoisotopic (exact) mass is 117 g/mol. The first-order chi connectivity index (χ1) is 6.25. The van der Waals surface area contributed by atoms with E-state index in [4.69, 9.17) is 8.22 Å². The van der Waals surface area contributed by atoms with E-state index in [1.807, 2.05) is 0 Å². The van der Waals surface area contributed by atoms with Crippen LogP contribution in [-0.2, 0) is 0 Å². The number of nitrogens with zero attached hydrogens (tertiary/aromatic N) is 1. The Labute approximate surface area is 55.6 Å². The van der Waals surface area contributed by atoms with Crippen molar-refractivity contribution in [2.24, 2.45) is 0 Å². The number of hydrogen-bond donors (Lipinski definition) is 0. The number of aromatic nitrogens is 1. The third-order valence-electron chi connectivity index (χ3n) is 0.557. The van der Waals surface area contributed by atoms with Crippen molar-refractivity contribution in [1.29, 1.82) is 0 Å². The van der Waals surface area contributed by atoms with Crippen LogP contribution in [0.3, 0.4) is 0 Å². The fourth-order valence-corrected chi connectivity index (χ4v) is 0.275. The van der Waals surface area contributed by atoms with Gasteiger partial charge in [0.05, 0.1) is 10.3 Å². The maximum absolute atomic E-state index is 12.8. The predicted molar refractivity (Wildman–Crippen MR) is 28.9 cm³/mol. The molecule has 0 N–H and O–H groups in total. The van der Waals surface area contributed by atoms with Crippen molar-refractivity contribution in [1.82, 2.24) is 4.98 Å². The molecule has 0 aliphatic rings. The molecule has 0 atom stereocenters. The van der Waals surface area contributed by atoms with E-state index in [1.165, 1.54) is 0 Å². The standard InChI is InChI=1S/C6H6FN/c1-5-2-3-6(7)4-8-5/h2-4H,1H3/i1D3,2D,3D,4D. The first-order valence-corrected chi connectivity index (χ1v) is 1.89. The van der Waals surface area contributed by atoms with Crippen LogP contribution in [0.15, 0.2) is 18.3 Å². The molecular weight excluding hydrogens is 105 g/mol. The van der Waals surface area contributed by atoms with Gasteiger partial charge >= 0.3 is 0 Å². The highest BCUT2D eigenvalue weighted by atomic mass is 19.1. The Bertz CT molecular complexity index is 374. The first kappa shape index (κ1) is 1.53. The molecule has 1 rings (SSSR count). The van der Waals surface area contributed by atoms with Gasteiger partial charge in [-0.25, -0.2) is 4.39 Å². The van der Waals surface area contributed by atoms with E-state index >= 15 is 0 Å². The zero-order chi connectivity index (χ0) is 11.1. The molecule has 1 aromatic rings. The maximum Gasteiger partial charge on any atom is 0.141 e. The lowest BCUT2D eigenvalue weighted by molar-refractivity contribution is 0.620. The third-order valence-corrected chi connectivity index (χ3v) is 0.557. The molecule has 42 valence electrons. The molecule has 1 nitrogen and oxygen atoms in total. The molecular formula is C6H6FN. The highest BCUT2D eigenvalue weighted by Crippen LogP contribution is 1.94. The third kappa shape index (κ3) is 1.03. The fourth-order valence-electron chi connectivity index (χ4n) is 0.275. The molecule has 0 unspecified atom stereocenters. The number of rotatable bonds is 0. The largest absolute Gasteiger partial charge is 0.259 e. The van der Waals surface area contributed by atoms with Crippen LogP contribution in [0.1, 0.15) is 13.9 Å². The summed E-state index contributed by atoms with van der Waals surface area (Å²) in [5.74, 6) is -1.27. The molecule has 0 aliphatic carbocycles. The van der Waals surface area contributed by atoms with Gasteiger partial charge in [-0.15, -0.1) is 0 Å². The number of hydrogen-bond acceptors (Lipinski definition) is 1. The maximum atomic E-state index is 12.8. The quantitative estimate of drug-likeness (QED) is 0.502. The summed E-state index contributed by atoms with van der Waals surface area (Å²) >= 11 is 0. The molecule has 0 saturated heterocycles. The van der Waals surface area contributed by atoms with E-state index in [0.717, 1.165) is 0 Å². The van der Waals surface area contributed by atoms with Gasteiger partial charge < -0.3 is 0 Å². The van der Waals surface area contributed by atoms with Gasteiger partial charge in [0.2, 0.25) is 0 Å². The van der Waals surface area contributed by atoms with E-state index in [2.05, 4.69) is 4.98 Å². The van der Waals surface area contributed by atoms with E-state index in [0.29, 0.717) is 0 Å². The van der Waals surface area contributed by atoms with Gasteiger partial charge in [-0.3, -0.25) is 4.98 Å². The Kier molecular flexibility index (Phi) is 0.364. The Balaban J connectivity index is 3.49. The highest BCUT2D eigenvalue weighted by Gasteiger charge is 1.84. The van der Waals surface area contributed by atoms with Crippen LogP contribution in [0.2, 0.25) is 0 Å². The van der Waals surface area contributed by atoms with Crippen LogP contribution in [0.4, 0.5) is 4.39 Å². The zero-order valence-corrected chi connectivity index (χ0v) is 3.83. The second-order valence-corrected chi connectivity index (χ2v) is 1.14. The van der Waals surface area contributed by atoms with Crippen LogP contribution in [-0.4, -0.2) is 4.98 Å².